The third-order valence-corrected chi connectivity index (χ3v) is 3.92. The van der Waals surface area contributed by atoms with E-state index < -0.39 is 0 Å². The molecule has 3 N–H and O–H groups in total. The van der Waals surface area contributed by atoms with Crippen LogP contribution in [0.4, 0.5) is 5.69 Å². The van der Waals surface area contributed by atoms with Crippen LogP contribution in [0.1, 0.15) is 31.2 Å². The summed E-state index contributed by atoms with van der Waals surface area (Å²) in [4.78, 5) is 25.4. The first-order valence-corrected chi connectivity index (χ1v) is 8.16. The summed E-state index contributed by atoms with van der Waals surface area (Å²) in [5.41, 5.74) is 7.12. The van der Waals surface area contributed by atoms with E-state index >= 15 is 0 Å². The fraction of sp³-hybridized carbons (Fsp3) is 0.438. The number of rotatable bonds is 3. The van der Waals surface area contributed by atoms with E-state index in [1.165, 1.54) is 0 Å². The number of aryl methyl sites for hydroxylation is 1. The highest BCUT2D eigenvalue weighted by atomic mass is 32.1. The van der Waals surface area contributed by atoms with Crippen molar-refractivity contribution in [2.45, 2.75) is 32.6 Å². The smallest absolute Gasteiger partial charge is 0.257 e. The monoisotopic (exact) mass is 334 g/mol. The van der Waals surface area contributed by atoms with Crippen LogP contribution in [0.2, 0.25) is 0 Å². The van der Waals surface area contributed by atoms with Crippen LogP contribution in [0.25, 0.3) is 0 Å². The van der Waals surface area contributed by atoms with Crippen LogP contribution >= 0.6 is 12.2 Å². The van der Waals surface area contributed by atoms with Crippen LogP contribution in [0.15, 0.2) is 24.3 Å². The zero-order valence-corrected chi connectivity index (χ0v) is 14.0. The molecule has 1 saturated heterocycles. The number of anilines is 1. The second kappa shape index (κ2) is 8.47. The third kappa shape index (κ3) is 5.52. The molecular formula is C16H22N4O2S. The fourth-order valence-electron chi connectivity index (χ4n) is 2.41. The molecule has 23 heavy (non-hydrogen) atoms. The third-order valence-electron chi connectivity index (χ3n) is 3.71. The maximum Gasteiger partial charge on any atom is 0.257 e. The Morgan fingerprint density at radius 1 is 1.22 bits per heavy atom. The van der Waals surface area contributed by atoms with Crippen LogP contribution in [0, 0.1) is 6.92 Å². The molecule has 1 aliphatic heterocycles. The molecule has 124 valence electrons. The first-order valence-electron chi connectivity index (χ1n) is 7.75. The number of hydrazine groups is 1. The number of likely N-dealkylation sites (tertiary alicyclic amines) is 1. The van der Waals surface area contributed by atoms with Crippen molar-refractivity contribution in [2.75, 3.05) is 18.4 Å². The summed E-state index contributed by atoms with van der Waals surface area (Å²) in [6.45, 7) is 2.66. The number of carbonyl (C=O) groups is 2. The van der Waals surface area contributed by atoms with Gasteiger partial charge in [-0.15, -0.1) is 0 Å². The second-order valence-electron chi connectivity index (χ2n) is 5.57. The van der Waals surface area contributed by atoms with E-state index in [-0.39, 0.29) is 18.4 Å². The zero-order chi connectivity index (χ0) is 16.7. The largest absolute Gasteiger partial charge is 0.333 e. The Bertz CT molecular complexity index is 591. The maximum atomic E-state index is 11.9. The molecular weight excluding hydrogens is 312 g/mol. The van der Waals surface area contributed by atoms with Gasteiger partial charge in [-0.1, -0.05) is 24.6 Å². The number of para-hydroxylation sites is 1. The minimum atomic E-state index is -0.283. The van der Waals surface area contributed by atoms with Gasteiger partial charge in [-0.25, -0.2) is 0 Å². The summed E-state index contributed by atoms with van der Waals surface area (Å²) in [5.74, 6) is -0.243. The predicted molar refractivity (Wildman–Crippen MR) is 93.7 cm³/mol. The van der Waals surface area contributed by atoms with Gasteiger partial charge < -0.3 is 10.2 Å². The van der Waals surface area contributed by atoms with Gasteiger partial charge >= 0.3 is 0 Å². The highest BCUT2D eigenvalue weighted by Crippen LogP contribution is 2.12. The van der Waals surface area contributed by atoms with E-state index in [2.05, 4.69) is 16.2 Å². The molecule has 0 bridgehead atoms. The van der Waals surface area contributed by atoms with E-state index in [0.29, 0.717) is 18.1 Å². The number of thiocarbonyl (C=S) groups is 1. The summed E-state index contributed by atoms with van der Waals surface area (Å²) in [5, 5.41) is 3.31. The molecule has 1 aromatic rings. The molecule has 1 fully saturated rings. The molecule has 1 aromatic carbocycles. The molecule has 2 amide bonds. The molecule has 7 heteroatoms. The van der Waals surface area contributed by atoms with Crippen LogP contribution in [-0.2, 0) is 9.59 Å². The molecule has 0 aliphatic carbocycles. The van der Waals surface area contributed by atoms with Crippen LogP contribution in [0.5, 0.6) is 0 Å². The first kappa shape index (κ1) is 17.2. The Morgan fingerprint density at radius 3 is 2.78 bits per heavy atom. The van der Waals surface area contributed by atoms with Crippen molar-refractivity contribution in [1.29, 1.82) is 0 Å². The highest BCUT2D eigenvalue weighted by Gasteiger charge is 2.19. The number of carbonyl (C=O) groups excluding carboxylic acids is 2. The van der Waals surface area contributed by atoms with Crippen LogP contribution in [-0.4, -0.2) is 34.9 Å². The lowest BCUT2D eigenvalue weighted by Gasteiger charge is -2.20. The van der Waals surface area contributed by atoms with Gasteiger partial charge in [0.1, 0.15) is 6.54 Å². The number of hydrogen-bond acceptors (Lipinski definition) is 3. The molecule has 0 radical (unpaired) electrons. The maximum absolute atomic E-state index is 11.9. The lowest BCUT2D eigenvalue weighted by Crippen LogP contribution is -2.48. The average molecular weight is 334 g/mol. The lowest BCUT2D eigenvalue weighted by atomic mass is 10.2. The fourth-order valence-corrected chi connectivity index (χ4v) is 2.57. The minimum absolute atomic E-state index is 0.0401. The number of hydrogen-bond donors (Lipinski definition) is 3. The number of nitrogens with one attached hydrogen (secondary N) is 3. The molecule has 1 aliphatic rings. The van der Waals surface area contributed by atoms with E-state index in [1.807, 2.05) is 31.2 Å². The van der Waals surface area contributed by atoms with Crippen LogP contribution < -0.4 is 16.2 Å². The number of benzene rings is 1. The Balaban J connectivity index is 1.76. The Hall–Kier alpha value is -2.15. The van der Waals surface area contributed by atoms with Crippen LogP contribution in [0.3, 0.4) is 0 Å². The summed E-state index contributed by atoms with van der Waals surface area (Å²) in [6.07, 6.45) is 3.40. The summed E-state index contributed by atoms with van der Waals surface area (Å²) >= 11 is 5.15. The molecule has 0 saturated carbocycles. The lowest BCUT2D eigenvalue weighted by molar-refractivity contribution is -0.135. The van der Waals surface area contributed by atoms with Gasteiger partial charge in [0.15, 0.2) is 5.11 Å². The van der Waals surface area contributed by atoms with Gasteiger partial charge in [-0.2, -0.15) is 0 Å². The quantitative estimate of drug-likeness (QED) is 0.580. The van der Waals surface area contributed by atoms with Crippen molar-refractivity contribution in [3.8, 4) is 0 Å². The Kier molecular flexibility index (Phi) is 6.34. The van der Waals surface area contributed by atoms with Gasteiger partial charge in [0.2, 0.25) is 5.91 Å². The molecule has 0 spiro atoms. The second-order valence-corrected chi connectivity index (χ2v) is 5.98. The van der Waals surface area contributed by atoms with Crippen molar-refractivity contribution in [3.05, 3.63) is 29.8 Å². The van der Waals surface area contributed by atoms with Gasteiger partial charge in [0.25, 0.3) is 5.91 Å². The van der Waals surface area contributed by atoms with Gasteiger partial charge in [0.05, 0.1) is 0 Å². The number of nitrogens with zero attached hydrogens (tertiary/aromatic N) is 1. The Morgan fingerprint density at radius 2 is 2.00 bits per heavy atom. The highest BCUT2D eigenvalue weighted by molar-refractivity contribution is 7.80. The normalized spacial score (nSPS) is 14.8. The molecule has 0 atom stereocenters. The van der Waals surface area contributed by atoms with Crippen molar-refractivity contribution in [3.63, 3.8) is 0 Å². The van der Waals surface area contributed by atoms with E-state index in [0.717, 1.165) is 30.5 Å². The molecule has 0 unspecified atom stereocenters. The van der Waals surface area contributed by atoms with Gasteiger partial charge in [-0.05, 0) is 43.6 Å². The standard InChI is InChI=1S/C16H22N4O2S/c1-12-7-4-5-8-13(12)17-16(23)19-18-14(21)11-20-10-6-2-3-9-15(20)22/h4-5,7-8H,2-3,6,9-11H2,1H3,(H,18,21)(H2,17,19,23). The van der Waals surface area contributed by atoms with Crippen molar-refractivity contribution < 1.29 is 9.59 Å². The minimum Gasteiger partial charge on any atom is -0.333 e. The van der Waals surface area contributed by atoms with Crippen molar-refractivity contribution >= 4 is 34.8 Å². The molecule has 0 aromatic heterocycles. The first-order chi connectivity index (χ1) is 11.1. The summed E-state index contributed by atoms with van der Waals surface area (Å²) in [6, 6.07) is 7.72. The molecule has 6 nitrogen and oxygen atoms in total. The summed E-state index contributed by atoms with van der Waals surface area (Å²) < 4.78 is 0. The topological polar surface area (TPSA) is 73.5 Å². The van der Waals surface area contributed by atoms with Crippen molar-refractivity contribution in [2.24, 2.45) is 0 Å². The van der Waals surface area contributed by atoms with E-state index in [4.69, 9.17) is 12.2 Å². The van der Waals surface area contributed by atoms with Gasteiger partial charge in [0, 0.05) is 18.7 Å². The summed E-state index contributed by atoms with van der Waals surface area (Å²) in [7, 11) is 0. The van der Waals surface area contributed by atoms with Crippen molar-refractivity contribution in [1.82, 2.24) is 15.8 Å². The predicted octanol–water partition coefficient (Wildman–Crippen LogP) is 1.72. The molecule has 1 heterocycles. The van der Waals surface area contributed by atoms with E-state index in [1.54, 1.807) is 4.90 Å². The zero-order valence-electron chi connectivity index (χ0n) is 13.2. The van der Waals surface area contributed by atoms with E-state index in [9.17, 15) is 9.59 Å². The van der Waals surface area contributed by atoms with Gasteiger partial charge in [-0.3, -0.25) is 20.4 Å². The molecule has 2 rings (SSSR count). The number of amides is 2. The average Bonchev–Trinajstić information content (AvgIpc) is 2.73. The SMILES string of the molecule is Cc1ccccc1NC(=S)NNC(=O)CN1CCCCCC1=O. The Labute approximate surface area is 141 Å².